The van der Waals surface area contributed by atoms with E-state index in [0.717, 1.165) is 62.2 Å². The summed E-state index contributed by atoms with van der Waals surface area (Å²) in [7, 11) is 0. The Bertz CT molecular complexity index is 544. The molecule has 2 heterocycles. The molecule has 6 heteroatoms. The minimum atomic E-state index is 0.139. The van der Waals surface area contributed by atoms with E-state index >= 15 is 0 Å². The summed E-state index contributed by atoms with van der Waals surface area (Å²) in [5, 5.41) is 4.15. The van der Waals surface area contributed by atoms with E-state index in [-0.39, 0.29) is 12.2 Å². The molecule has 2 atom stereocenters. The number of hydrogen-bond acceptors (Lipinski definition) is 3. The minimum Gasteiger partial charge on any atom is -0.375 e. The summed E-state index contributed by atoms with van der Waals surface area (Å²) in [4.78, 5) is 7.08. The first-order valence-electron chi connectivity index (χ1n) is 8.77. The first-order chi connectivity index (χ1) is 11.8. The van der Waals surface area contributed by atoms with Gasteiger partial charge in [0.1, 0.15) is 6.10 Å². The Hall–Kier alpha value is -1.30. The predicted octanol–water partition coefficient (Wildman–Crippen LogP) is 2.69. The van der Waals surface area contributed by atoms with Crippen LogP contribution in [0.5, 0.6) is 0 Å². The van der Waals surface area contributed by atoms with Crippen molar-refractivity contribution in [2.24, 2.45) is 4.99 Å². The standard InChI is InChI=1S/C18H26ClN3O2/c1-2-20-18(21-12-14-5-7-15(19)8-6-14)22-9-11-24-17(13-22)16-4-3-10-23-16/h5-8,16-17H,2-4,9-13H2,1H3,(H,20,21). The van der Waals surface area contributed by atoms with E-state index in [1.165, 1.54) is 0 Å². The van der Waals surface area contributed by atoms with E-state index in [1.54, 1.807) is 0 Å². The molecule has 24 heavy (non-hydrogen) atoms. The van der Waals surface area contributed by atoms with Gasteiger partial charge in [0.2, 0.25) is 0 Å². The Balaban J connectivity index is 1.64. The summed E-state index contributed by atoms with van der Waals surface area (Å²) in [6, 6.07) is 7.84. The molecule has 1 aromatic rings. The van der Waals surface area contributed by atoms with E-state index in [1.807, 2.05) is 24.3 Å². The SMILES string of the molecule is CCNC(=NCc1ccc(Cl)cc1)N1CCOC(C2CCCO2)C1. The summed E-state index contributed by atoms with van der Waals surface area (Å²) < 4.78 is 11.7. The fourth-order valence-corrected chi connectivity index (χ4v) is 3.30. The largest absolute Gasteiger partial charge is 0.375 e. The van der Waals surface area contributed by atoms with Crippen LogP contribution in [-0.2, 0) is 16.0 Å². The van der Waals surface area contributed by atoms with E-state index in [0.29, 0.717) is 6.54 Å². The zero-order valence-electron chi connectivity index (χ0n) is 14.2. The van der Waals surface area contributed by atoms with Crippen molar-refractivity contribution in [3.63, 3.8) is 0 Å². The van der Waals surface area contributed by atoms with E-state index in [4.69, 9.17) is 26.1 Å². The van der Waals surface area contributed by atoms with Gasteiger partial charge in [0.15, 0.2) is 5.96 Å². The molecule has 1 N–H and O–H groups in total. The van der Waals surface area contributed by atoms with Crippen molar-refractivity contribution in [1.82, 2.24) is 10.2 Å². The van der Waals surface area contributed by atoms with Crippen LogP contribution < -0.4 is 5.32 Å². The summed E-state index contributed by atoms with van der Waals surface area (Å²) >= 11 is 5.94. The summed E-state index contributed by atoms with van der Waals surface area (Å²) in [5.74, 6) is 0.943. The normalized spacial score (nSPS) is 25.1. The second kappa shape index (κ2) is 8.70. The van der Waals surface area contributed by atoms with Gasteiger partial charge in [-0.05, 0) is 37.5 Å². The average molecular weight is 352 g/mol. The first-order valence-corrected chi connectivity index (χ1v) is 9.15. The molecule has 132 valence electrons. The van der Waals surface area contributed by atoms with Crippen LogP contribution in [0.4, 0.5) is 0 Å². The van der Waals surface area contributed by atoms with Crippen molar-refractivity contribution in [1.29, 1.82) is 0 Å². The summed E-state index contributed by atoms with van der Waals surface area (Å²) in [6.07, 6.45) is 2.60. The molecule has 2 aliphatic heterocycles. The Morgan fingerprint density at radius 1 is 1.25 bits per heavy atom. The monoisotopic (exact) mass is 351 g/mol. The molecule has 0 radical (unpaired) electrons. The van der Waals surface area contributed by atoms with Crippen molar-refractivity contribution < 1.29 is 9.47 Å². The second-order valence-corrected chi connectivity index (χ2v) is 6.64. The van der Waals surface area contributed by atoms with Crippen LogP contribution in [-0.4, -0.2) is 55.9 Å². The maximum absolute atomic E-state index is 5.94. The maximum Gasteiger partial charge on any atom is 0.194 e. The van der Waals surface area contributed by atoms with Gasteiger partial charge in [0, 0.05) is 31.3 Å². The summed E-state index contributed by atoms with van der Waals surface area (Å²) in [5.41, 5.74) is 1.15. The van der Waals surface area contributed by atoms with Gasteiger partial charge in [-0.2, -0.15) is 0 Å². The van der Waals surface area contributed by atoms with E-state index in [2.05, 4.69) is 17.1 Å². The van der Waals surface area contributed by atoms with Gasteiger partial charge in [0.25, 0.3) is 0 Å². The molecule has 0 bridgehead atoms. The topological polar surface area (TPSA) is 46.1 Å². The highest BCUT2D eigenvalue weighted by Crippen LogP contribution is 2.21. The molecule has 0 spiro atoms. The molecule has 0 aromatic heterocycles. The number of nitrogens with one attached hydrogen (secondary N) is 1. The second-order valence-electron chi connectivity index (χ2n) is 6.20. The van der Waals surface area contributed by atoms with Gasteiger partial charge in [-0.15, -0.1) is 0 Å². The number of morpholine rings is 1. The van der Waals surface area contributed by atoms with Crippen LogP contribution >= 0.6 is 11.6 Å². The van der Waals surface area contributed by atoms with Gasteiger partial charge >= 0.3 is 0 Å². The average Bonchev–Trinajstić information content (AvgIpc) is 3.15. The Kier molecular flexibility index (Phi) is 6.35. The molecule has 2 unspecified atom stereocenters. The Labute approximate surface area is 149 Å². The van der Waals surface area contributed by atoms with Gasteiger partial charge in [-0.1, -0.05) is 23.7 Å². The lowest BCUT2D eigenvalue weighted by molar-refractivity contribution is -0.0817. The number of aliphatic imine (C=N–C) groups is 1. The van der Waals surface area contributed by atoms with E-state index < -0.39 is 0 Å². The van der Waals surface area contributed by atoms with Crippen molar-refractivity contribution in [2.45, 2.75) is 38.5 Å². The van der Waals surface area contributed by atoms with Gasteiger partial charge in [-0.25, -0.2) is 4.99 Å². The number of rotatable bonds is 4. The third kappa shape index (κ3) is 4.62. The molecular formula is C18H26ClN3O2. The maximum atomic E-state index is 5.94. The molecule has 5 nitrogen and oxygen atoms in total. The minimum absolute atomic E-state index is 0.139. The lowest BCUT2D eigenvalue weighted by Gasteiger charge is -2.37. The van der Waals surface area contributed by atoms with Gasteiger partial charge < -0.3 is 19.7 Å². The molecule has 1 aromatic carbocycles. The highest BCUT2D eigenvalue weighted by molar-refractivity contribution is 6.30. The third-order valence-corrected chi connectivity index (χ3v) is 4.68. The molecule has 0 saturated carbocycles. The highest BCUT2D eigenvalue weighted by Gasteiger charge is 2.32. The Morgan fingerprint density at radius 2 is 2.04 bits per heavy atom. The third-order valence-electron chi connectivity index (χ3n) is 4.43. The molecule has 2 saturated heterocycles. The van der Waals surface area contributed by atoms with Gasteiger partial charge in [-0.3, -0.25) is 0 Å². The van der Waals surface area contributed by atoms with Crippen LogP contribution in [0.3, 0.4) is 0 Å². The fourth-order valence-electron chi connectivity index (χ4n) is 3.17. The van der Waals surface area contributed by atoms with Crippen molar-refractivity contribution in [3.8, 4) is 0 Å². The van der Waals surface area contributed by atoms with Crippen molar-refractivity contribution >= 4 is 17.6 Å². The smallest absolute Gasteiger partial charge is 0.194 e. The van der Waals surface area contributed by atoms with Crippen LogP contribution in [0.25, 0.3) is 0 Å². The lowest BCUT2D eigenvalue weighted by atomic mass is 10.1. The summed E-state index contributed by atoms with van der Waals surface area (Å²) in [6.45, 7) is 6.84. The first kappa shape index (κ1) is 17.5. The fraction of sp³-hybridized carbons (Fsp3) is 0.611. The van der Waals surface area contributed by atoms with Crippen molar-refractivity contribution in [2.75, 3.05) is 32.8 Å². The Morgan fingerprint density at radius 3 is 2.75 bits per heavy atom. The number of hydrogen-bond donors (Lipinski definition) is 1. The number of benzene rings is 1. The number of halogens is 1. The number of nitrogens with zero attached hydrogens (tertiary/aromatic N) is 2. The zero-order chi connectivity index (χ0) is 16.8. The molecular weight excluding hydrogens is 326 g/mol. The van der Waals surface area contributed by atoms with Crippen LogP contribution in [0, 0.1) is 0 Å². The van der Waals surface area contributed by atoms with Gasteiger partial charge in [0.05, 0.1) is 19.3 Å². The molecule has 2 aliphatic rings. The molecule has 2 fully saturated rings. The highest BCUT2D eigenvalue weighted by atomic mass is 35.5. The molecule has 3 rings (SSSR count). The number of guanidine groups is 1. The van der Waals surface area contributed by atoms with Crippen LogP contribution in [0.2, 0.25) is 5.02 Å². The zero-order valence-corrected chi connectivity index (χ0v) is 15.0. The van der Waals surface area contributed by atoms with Crippen molar-refractivity contribution in [3.05, 3.63) is 34.9 Å². The molecule has 0 amide bonds. The lowest BCUT2D eigenvalue weighted by Crippen LogP contribution is -2.53. The van der Waals surface area contributed by atoms with Crippen LogP contribution in [0.15, 0.2) is 29.3 Å². The quantitative estimate of drug-likeness (QED) is 0.669. The molecule has 0 aliphatic carbocycles. The predicted molar refractivity (Wildman–Crippen MR) is 96.6 cm³/mol. The number of ether oxygens (including phenoxy) is 2. The van der Waals surface area contributed by atoms with Crippen LogP contribution in [0.1, 0.15) is 25.3 Å². The van der Waals surface area contributed by atoms with E-state index in [9.17, 15) is 0 Å².